The lowest BCUT2D eigenvalue weighted by Crippen LogP contribution is -2.47. The zero-order valence-electron chi connectivity index (χ0n) is 19.3. The number of amides is 1. The summed E-state index contributed by atoms with van der Waals surface area (Å²) in [5.41, 5.74) is 4.28. The third-order valence-corrected chi connectivity index (χ3v) is 8.04. The molecule has 0 bridgehead atoms. The van der Waals surface area contributed by atoms with Gasteiger partial charge in [-0.1, -0.05) is 36.4 Å². The first-order valence-corrected chi connectivity index (χ1v) is 12.2. The van der Waals surface area contributed by atoms with E-state index in [1.54, 1.807) is 0 Å². The van der Waals surface area contributed by atoms with E-state index in [4.69, 9.17) is 4.74 Å². The van der Waals surface area contributed by atoms with E-state index < -0.39 is 5.41 Å². The van der Waals surface area contributed by atoms with Crippen LogP contribution in [0.1, 0.15) is 69.0 Å². The van der Waals surface area contributed by atoms with Crippen molar-refractivity contribution in [2.75, 3.05) is 20.2 Å². The molecule has 5 heteroatoms. The van der Waals surface area contributed by atoms with Crippen molar-refractivity contribution in [3.63, 3.8) is 0 Å². The Kier molecular flexibility index (Phi) is 5.70. The highest BCUT2D eigenvalue weighted by Crippen LogP contribution is 2.50. The van der Waals surface area contributed by atoms with Gasteiger partial charge in [-0.15, -0.1) is 0 Å². The monoisotopic (exact) mass is 434 g/mol. The maximum atomic E-state index is 13.7. The number of hydrogen-bond acceptors (Lipinski definition) is 4. The van der Waals surface area contributed by atoms with Crippen LogP contribution in [0.4, 0.5) is 0 Å². The van der Waals surface area contributed by atoms with E-state index in [0.717, 1.165) is 50.0 Å². The van der Waals surface area contributed by atoms with Crippen LogP contribution in [-0.4, -0.2) is 47.9 Å². The maximum Gasteiger partial charge on any atom is 0.306 e. The van der Waals surface area contributed by atoms with Crippen molar-refractivity contribution >= 4 is 11.9 Å². The number of fused-ring (bicyclic) bond motifs is 2. The molecule has 1 amide bonds. The maximum absolute atomic E-state index is 13.7. The number of likely N-dealkylation sites (tertiary alicyclic amines) is 2. The number of benzene rings is 1. The fraction of sp³-hybridized carbons (Fsp3) is 0.556. The first-order valence-electron chi connectivity index (χ1n) is 12.2. The van der Waals surface area contributed by atoms with Crippen molar-refractivity contribution in [1.82, 2.24) is 9.80 Å². The van der Waals surface area contributed by atoms with Gasteiger partial charge in [-0.25, -0.2) is 0 Å². The van der Waals surface area contributed by atoms with Crippen LogP contribution in [-0.2, 0) is 20.7 Å². The number of carbonyl (C=O) groups excluding carboxylic acids is 2. The van der Waals surface area contributed by atoms with Gasteiger partial charge in [0, 0.05) is 30.9 Å². The number of rotatable bonds is 4. The molecule has 0 saturated carbocycles. The second-order valence-corrected chi connectivity index (χ2v) is 9.92. The number of ether oxygens (including phenoxy) is 1. The van der Waals surface area contributed by atoms with Crippen LogP contribution in [0.5, 0.6) is 0 Å². The third-order valence-electron chi connectivity index (χ3n) is 8.04. The van der Waals surface area contributed by atoms with E-state index in [2.05, 4.69) is 41.3 Å². The predicted molar refractivity (Wildman–Crippen MR) is 124 cm³/mol. The van der Waals surface area contributed by atoms with Crippen molar-refractivity contribution in [2.24, 2.45) is 5.41 Å². The van der Waals surface area contributed by atoms with E-state index in [1.807, 2.05) is 11.8 Å². The highest BCUT2D eigenvalue weighted by atomic mass is 16.5. The lowest BCUT2D eigenvalue weighted by Gasteiger charge is -2.42. The number of piperidine rings is 1. The van der Waals surface area contributed by atoms with Gasteiger partial charge < -0.3 is 9.64 Å². The highest BCUT2D eigenvalue weighted by Gasteiger charge is 2.53. The zero-order chi connectivity index (χ0) is 22.3. The third kappa shape index (κ3) is 3.51. The standard InChI is InChI=1S/C27H34N2O3/c1-27(18-25(30)32-2)22-11-5-6-12-24(22)29(26(27)31)20-14-16-28(17-15-20)23-13-7-9-19-8-3-4-10-21(19)23/h3-4,8,10-12,20,23H,5-7,9,13-18H2,1-2H3. The number of allylic oxidation sites excluding steroid dienone is 3. The molecule has 0 N–H and O–H groups in total. The average molecular weight is 435 g/mol. The van der Waals surface area contributed by atoms with Gasteiger partial charge in [0.2, 0.25) is 5.91 Å². The largest absolute Gasteiger partial charge is 0.469 e. The van der Waals surface area contributed by atoms with Gasteiger partial charge in [-0.3, -0.25) is 14.5 Å². The van der Waals surface area contributed by atoms with E-state index in [9.17, 15) is 9.59 Å². The van der Waals surface area contributed by atoms with Crippen molar-refractivity contribution in [1.29, 1.82) is 0 Å². The smallest absolute Gasteiger partial charge is 0.306 e. The summed E-state index contributed by atoms with van der Waals surface area (Å²) in [6.45, 7) is 3.94. The Morgan fingerprint density at radius 3 is 2.66 bits per heavy atom. The first kappa shape index (κ1) is 21.4. The van der Waals surface area contributed by atoms with Crippen molar-refractivity contribution in [3.8, 4) is 0 Å². The molecule has 2 heterocycles. The molecule has 1 aromatic rings. The molecule has 4 aliphatic rings. The normalized spacial score (nSPS) is 28.6. The molecule has 5 nitrogen and oxygen atoms in total. The Labute approximate surface area is 191 Å². The molecule has 2 aliphatic heterocycles. The van der Waals surface area contributed by atoms with Crippen LogP contribution >= 0.6 is 0 Å². The molecule has 0 spiro atoms. The summed E-state index contributed by atoms with van der Waals surface area (Å²) in [5, 5.41) is 0. The molecule has 2 aliphatic carbocycles. The van der Waals surface area contributed by atoms with Crippen molar-refractivity contribution in [3.05, 3.63) is 58.8 Å². The summed E-state index contributed by atoms with van der Waals surface area (Å²) in [4.78, 5) is 30.5. The van der Waals surface area contributed by atoms with Crippen LogP contribution in [0.2, 0.25) is 0 Å². The minimum atomic E-state index is -0.807. The molecule has 2 saturated heterocycles. The summed E-state index contributed by atoms with van der Waals surface area (Å²) in [6.07, 6.45) is 12.0. The molecule has 170 valence electrons. The number of hydrogen-bond donors (Lipinski definition) is 0. The van der Waals surface area contributed by atoms with Crippen LogP contribution in [0.25, 0.3) is 0 Å². The summed E-state index contributed by atoms with van der Waals surface area (Å²) >= 11 is 0. The lowest BCUT2D eigenvalue weighted by molar-refractivity contribution is -0.148. The van der Waals surface area contributed by atoms with E-state index >= 15 is 0 Å². The van der Waals surface area contributed by atoms with Crippen LogP contribution in [0, 0.1) is 5.41 Å². The number of carbonyl (C=O) groups is 2. The van der Waals surface area contributed by atoms with Gasteiger partial charge >= 0.3 is 5.97 Å². The summed E-state index contributed by atoms with van der Waals surface area (Å²) in [6, 6.07) is 9.60. The summed E-state index contributed by atoms with van der Waals surface area (Å²) < 4.78 is 4.93. The van der Waals surface area contributed by atoms with Gasteiger partial charge in [-0.2, -0.15) is 0 Å². The Balaban J connectivity index is 1.34. The molecule has 32 heavy (non-hydrogen) atoms. The van der Waals surface area contributed by atoms with Gasteiger partial charge in [0.15, 0.2) is 0 Å². The first-order chi connectivity index (χ1) is 15.5. The number of methoxy groups -OCH3 is 1. The van der Waals surface area contributed by atoms with E-state index in [1.165, 1.54) is 37.5 Å². The van der Waals surface area contributed by atoms with Crippen molar-refractivity contribution in [2.45, 2.75) is 70.4 Å². The zero-order valence-corrected chi connectivity index (χ0v) is 19.3. The Hall–Kier alpha value is -2.40. The van der Waals surface area contributed by atoms with E-state index in [0.29, 0.717) is 6.04 Å². The van der Waals surface area contributed by atoms with Gasteiger partial charge in [-0.05, 0) is 68.6 Å². The second-order valence-electron chi connectivity index (χ2n) is 9.92. The SMILES string of the molecule is COC(=O)CC1(C)C(=O)N(C2CCN(C3CCCc4ccccc43)CC2)C2=CCCC=C21. The number of aryl methyl sites for hydroxylation is 1. The van der Waals surface area contributed by atoms with Gasteiger partial charge in [0.1, 0.15) is 0 Å². The minimum Gasteiger partial charge on any atom is -0.469 e. The van der Waals surface area contributed by atoms with Crippen molar-refractivity contribution < 1.29 is 14.3 Å². The molecule has 0 aromatic heterocycles. The van der Waals surface area contributed by atoms with Crippen LogP contribution in [0.15, 0.2) is 47.7 Å². The lowest BCUT2D eigenvalue weighted by atomic mass is 9.78. The summed E-state index contributed by atoms with van der Waals surface area (Å²) in [7, 11) is 1.40. The Morgan fingerprint density at radius 2 is 1.88 bits per heavy atom. The number of esters is 1. The molecule has 1 aromatic carbocycles. The number of nitrogens with zero attached hydrogens (tertiary/aromatic N) is 2. The minimum absolute atomic E-state index is 0.0729. The molecule has 2 unspecified atom stereocenters. The molecule has 2 fully saturated rings. The summed E-state index contributed by atoms with van der Waals surface area (Å²) in [5.74, 6) is -0.247. The van der Waals surface area contributed by atoms with Gasteiger partial charge in [0.05, 0.1) is 18.9 Å². The fourth-order valence-electron chi connectivity index (χ4n) is 6.35. The fourth-order valence-corrected chi connectivity index (χ4v) is 6.35. The topological polar surface area (TPSA) is 49.9 Å². The molecular weight excluding hydrogens is 400 g/mol. The predicted octanol–water partition coefficient (Wildman–Crippen LogP) is 4.54. The molecular formula is C27H34N2O3. The highest BCUT2D eigenvalue weighted by molar-refractivity contribution is 5.97. The molecule has 2 atom stereocenters. The Bertz CT molecular complexity index is 973. The van der Waals surface area contributed by atoms with Crippen LogP contribution < -0.4 is 0 Å². The average Bonchev–Trinajstić information content (AvgIpc) is 3.05. The molecule has 5 rings (SSSR count). The second kappa shape index (κ2) is 8.51. The quantitative estimate of drug-likeness (QED) is 0.653. The molecule has 0 radical (unpaired) electrons. The Morgan fingerprint density at radius 1 is 1.12 bits per heavy atom. The van der Waals surface area contributed by atoms with Crippen LogP contribution in [0.3, 0.4) is 0 Å². The van der Waals surface area contributed by atoms with Gasteiger partial charge in [0.25, 0.3) is 0 Å². The van der Waals surface area contributed by atoms with E-state index in [-0.39, 0.29) is 24.3 Å².